The number of nitrogens with one attached hydrogen (secondary N) is 1. The predicted molar refractivity (Wildman–Crippen MR) is 83.7 cm³/mol. The van der Waals surface area contributed by atoms with Gasteiger partial charge in [-0.15, -0.1) is 0 Å². The zero-order chi connectivity index (χ0) is 15.1. The van der Waals surface area contributed by atoms with Gasteiger partial charge in [-0.3, -0.25) is 4.79 Å². The Morgan fingerprint density at radius 2 is 1.86 bits per heavy atom. The van der Waals surface area contributed by atoms with Crippen LogP contribution in [-0.2, 0) is 4.79 Å². The van der Waals surface area contributed by atoms with Crippen molar-refractivity contribution in [3.8, 4) is 11.5 Å². The highest BCUT2D eigenvalue weighted by Crippen LogP contribution is 2.23. The lowest BCUT2D eigenvalue weighted by Crippen LogP contribution is -2.08. The molecule has 4 nitrogen and oxygen atoms in total. The molecule has 4 heteroatoms. The summed E-state index contributed by atoms with van der Waals surface area (Å²) in [6, 6.07) is 14.7. The van der Waals surface area contributed by atoms with Crippen molar-refractivity contribution in [1.29, 1.82) is 0 Å². The molecule has 0 atom stereocenters. The van der Waals surface area contributed by atoms with Gasteiger partial charge >= 0.3 is 0 Å². The summed E-state index contributed by atoms with van der Waals surface area (Å²) in [5, 5.41) is 2.78. The maximum atomic E-state index is 11.9. The Balaban J connectivity index is 2.05. The van der Waals surface area contributed by atoms with Gasteiger partial charge in [0.15, 0.2) is 0 Å². The number of benzene rings is 2. The summed E-state index contributed by atoms with van der Waals surface area (Å²) in [7, 11) is 3.17. The third kappa shape index (κ3) is 4.11. The van der Waals surface area contributed by atoms with Gasteiger partial charge in [0.2, 0.25) is 5.91 Å². The Labute approximate surface area is 124 Å². The van der Waals surface area contributed by atoms with E-state index in [0.29, 0.717) is 11.4 Å². The van der Waals surface area contributed by atoms with Gasteiger partial charge < -0.3 is 14.8 Å². The number of rotatable bonds is 5. The summed E-state index contributed by atoms with van der Waals surface area (Å²) in [6.45, 7) is 0. The second kappa shape index (κ2) is 7.14. The highest BCUT2D eigenvalue weighted by molar-refractivity contribution is 6.02. The molecule has 2 aromatic rings. The molecular weight excluding hydrogens is 266 g/mol. The van der Waals surface area contributed by atoms with Crippen LogP contribution in [0.15, 0.2) is 54.6 Å². The molecule has 0 unspecified atom stereocenters. The molecule has 0 saturated heterocycles. The Morgan fingerprint density at radius 1 is 1.05 bits per heavy atom. The normalized spacial score (nSPS) is 10.4. The van der Waals surface area contributed by atoms with Crippen molar-refractivity contribution in [1.82, 2.24) is 0 Å². The maximum absolute atomic E-state index is 11.9. The molecule has 2 aromatic carbocycles. The summed E-state index contributed by atoms with van der Waals surface area (Å²) in [4.78, 5) is 11.9. The number of hydrogen-bond acceptors (Lipinski definition) is 3. The molecule has 1 N–H and O–H groups in total. The van der Waals surface area contributed by atoms with Gasteiger partial charge in [-0.05, 0) is 35.9 Å². The number of carbonyl (C=O) groups excluding carboxylic acids is 1. The minimum atomic E-state index is -0.220. The maximum Gasteiger partial charge on any atom is 0.248 e. The predicted octanol–water partition coefficient (Wildman–Crippen LogP) is 3.36. The average molecular weight is 283 g/mol. The number of methoxy groups -OCH3 is 2. The van der Waals surface area contributed by atoms with Crippen molar-refractivity contribution in [2.75, 3.05) is 19.5 Å². The number of carbonyl (C=O) groups is 1. The number of ether oxygens (including phenoxy) is 2. The molecular formula is C17H17NO3. The summed E-state index contributed by atoms with van der Waals surface area (Å²) in [6.07, 6.45) is 3.20. The lowest BCUT2D eigenvalue weighted by Gasteiger charge is -2.07. The fourth-order valence-electron chi connectivity index (χ4n) is 1.84. The molecule has 0 radical (unpaired) electrons. The monoisotopic (exact) mass is 283 g/mol. The van der Waals surface area contributed by atoms with Gasteiger partial charge in [-0.2, -0.15) is 0 Å². The molecule has 0 heterocycles. The topological polar surface area (TPSA) is 47.6 Å². The van der Waals surface area contributed by atoms with E-state index in [4.69, 9.17) is 9.47 Å². The number of amides is 1. The van der Waals surface area contributed by atoms with E-state index in [-0.39, 0.29) is 5.91 Å². The van der Waals surface area contributed by atoms with Crippen molar-refractivity contribution in [2.24, 2.45) is 0 Å². The van der Waals surface area contributed by atoms with E-state index in [9.17, 15) is 4.79 Å². The minimum absolute atomic E-state index is 0.220. The highest BCUT2D eigenvalue weighted by atomic mass is 16.5. The third-order valence-electron chi connectivity index (χ3n) is 2.89. The quantitative estimate of drug-likeness (QED) is 0.856. The molecule has 0 saturated carbocycles. The van der Waals surface area contributed by atoms with E-state index in [2.05, 4.69) is 5.32 Å². The first kappa shape index (κ1) is 14.7. The summed E-state index contributed by atoms with van der Waals surface area (Å²) >= 11 is 0. The van der Waals surface area contributed by atoms with Gasteiger partial charge in [0.25, 0.3) is 0 Å². The van der Waals surface area contributed by atoms with Crippen LogP contribution in [0.3, 0.4) is 0 Å². The number of para-hydroxylation sites is 2. The molecule has 108 valence electrons. The lowest BCUT2D eigenvalue weighted by atomic mass is 10.2. The smallest absolute Gasteiger partial charge is 0.248 e. The Morgan fingerprint density at radius 3 is 2.62 bits per heavy atom. The average Bonchev–Trinajstić information content (AvgIpc) is 2.53. The van der Waals surface area contributed by atoms with Crippen LogP contribution in [0.25, 0.3) is 6.08 Å². The van der Waals surface area contributed by atoms with E-state index in [0.717, 1.165) is 11.3 Å². The molecule has 2 rings (SSSR count). The SMILES string of the molecule is COc1cccc(C=CC(=O)Nc2ccccc2OC)c1. The molecule has 0 spiro atoms. The lowest BCUT2D eigenvalue weighted by molar-refractivity contribution is -0.111. The van der Waals surface area contributed by atoms with E-state index >= 15 is 0 Å². The van der Waals surface area contributed by atoms with E-state index in [1.807, 2.05) is 36.4 Å². The van der Waals surface area contributed by atoms with Gasteiger partial charge in [-0.25, -0.2) is 0 Å². The van der Waals surface area contributed by atoms with Crippen LogP contribution in [0.5, 0.6) is 11.5 Å². The fraction of sp³-hybridized carbons (Fsp3) is 0.118. The van der Waals surface area contributed by atoms with Gasteiger partial charge in [0, 0.05) is 6.08 Å². The molecule has 0 fully saturated rings. The summed E-state index contributed by atoms with van der Waals surface area (Å²) < 4.78 is 10.3. The largest absolute Gasteiger partial charge is 0.497 e. The van der Waals surface area contributed by atoms with Crippen LogP contribution in [-0.4, -0.2) is 20.1 Å². The zero-order valence-electron chi connectivity index (χ0n) is 12.0. The standard InChI is InChI=1S/C17H17NO3/c1-20-14-7-5-6-13(12-14)10-11-17(19)18-15-8-3-4-9-16(15)21-2/h3-12H,1-2H3,(H,18,19). The minimum Gasteiger partial charge on any atom is -0.497 e. The summed E-state index contributed by atoms with van der Waals surface area (Å²) in [5.74, 6) is 1.16. The second-order valence-electron chi connectivity index (χ2n) is 4.30. The molecule has 21 heavy (non-hydrogen) atoms. The van der Waals surface area contributed by atoms with Crippen molar-refractivity contribution in [2.45, 2.75) is 0 Å². The van der Waals surface area contributed by atoms with Crippen LogP contribution in [0.1, 0.15) is 5.56 Å². The van der Waals surface area contributed by atoms with Gasteiger partial charge in [-0.1, -0.05) is 24.3 Å². The molecule has 0 bridgehead atoms. The zero-order valence-corrected chi connectivity index (χ0v) is 12.0. The fourth-order valence-corrected chi connectivity index (χ4v) is 1.84. The van der Waals surface area contributed by atoms with Crippen molar-refractivity contribution in [3.05, 3.63) is 60.2 Å². The molecule has 0 aromatic heterocycles. The van der Waals surface area contributed by atoms with Crippen LogP contribution < -0.4 is 14.8 Å². The van der Waals surface area contributed by atoms with Crippen LogP contribution in [0.2, 0.25) is 0 Å². The number of anilines is 1. The third-order valence-corrected chi connectivity index (χ3v) is 2.89. The Bertz CT molecular complexity index is 650. The van der Waals surface area contributed by atoms with E-state index < -0.39 is 0 Å². The number of hydrogen-bond donors (Lipinski definition) is 1. The summed E-state index contributed by atoms with van der Waals surface area (Å²) in [5.41, 5.74) is 1.53. The van der Waals surface area contributed by atoms with Gasteiger partial charge in [0.05, 0.1) is 19.9 Å². The molecule has 0 aliphatic rings. The van der Waals surface area contributed by atoms with Crippen molar-refractivity contribution < 1.29 is 14.3 Å². The highest BCUT2D eigenvalue weighted by Gasteiger charge is 2.03. The van der Waals surface area contributed by atoms with Crippen LogP contribution in [0.4, 0.5) is 5.69 Å². The molecule has 0 aliphatic carbocycles. The van der Waals surface area contributed by atoms with Gasteiger partial charge in [0.1, 0.15) is 11.5 Å². The first-order valence-electron chi connectivity index (χ1n) is 6.49. The Hall–Kier alpha value is -2.75. The Kier molecular flexibility index (Phi) is 4.99. The van der Waals surface area contributed by atoms with Crippen molar-refractivity contribution >= 4 is 17.7 Å². The van der Waals surface area contributed by atoms with Crippen LogP contribution >= 0.6 is 0 Å². The van der Waals surface area contributed by atoms with E-state index in [1.54, 1.807) is 32.4 Å². The van der Waals surface area contributed by atoms with Crippen molar-refractivity contribution in [3.63, 3.8) is 0 Å². The molecule has 0 aliphatic heterocycles. The second-order valence-corrected chi connectivity index (χ2v) is 4.30. The first-order valence-corrected chi connectivity index (χ1v) is 6.49. The van der Waals surface area contributed by atoms with Crippen LogP contribution in [0, 0.1) is 0 Å². The molecule has 1 amide bonds. The van der Waals surface area contributed by atoms with E-state index in [1.165, 1.54) is 6.08 Å². The first-order chi connectivity index (χ1) is 10.2.